The zero-order chi connectivity index (χ0) is 25.2. The van der Waals surface area contributed by atoms with Crippen LogP contribution in [0.25, 0.3) is 4.72 Å². The molecule has 0 N–H and O–H groups in total. The Kier molecular flexibility index (Phi) is 10.8. The monoisotopic (exact) mass is 580 g/mol. The molecule has 1 saturated carbocycles. The van der Waals surface area contributed by atoms with Gasteiger partial charge in [-0.1, -0.05) is 60.1 Å². The molecule has 1 aromatic heterocycles. The van der Waals surface area contributed by atoms with Crippen LogP contribution in [0.3, 0.4) is 0 Å². The van der Waals surface area contributed by atoms with Crippen LogP contribution in [0.15, 0.2) is 35.5 Å². The smallest absolute Gasteiger partial charge is 0.571 e. The van der Waals surface area contributed by atoms with Crippen molar-refractivity contribution in [1.82, 2.24) is 14.8 Å². The third-order valence-electron chi connectivity index (χ3n) is 6.58. The first-order valence-corrected chi connectivity index (χ1v) is 14.3. The molecular weight excluding hydrogens is 554 g/mol. The van der Waals surface area contributed by atoms with E-state index >= 15 is 0 Å². The van der Waals surface area contributed by atoms with Crippen LogP contribution in [0.2, 0.25) is 15.1 Å². The van der Waals surface area contributed by atoms with Gasteiger partial charge in [0.15, 0.2) is 0 Å². The molecule has 0 unspecified atom stereocenters. The summed E-state index contributed by atoms with van der Waals surface area (Å²) in [6, 6.07) is 4.43. The Hall–Kier alpha value is -0.580. The fraction of sp³-hybridized carbons (Fsp3) is 0.500. The van der Waals surface area contributed by atoms with Gasteiger partial charge in [0.25, 0.3) is 0 Å². The van der Waals surface area contributed by atoms with Crippen LogP contribution in [0.1, 0.15) is 44.6 Å². The van der Waals surface area contributed by atoms with Crippen LogP contribution in [-0.4, -0.2) is 54.8 Å². The quantitative estimate of drug-likeness (QED) is 0.490. The van der Waals surface area contributed by atoms with Crippen LogP contribution in [0.4, 0.5) is 5.69 Å². The fourth-order valence-corrected chi connectivity index (χ4v) is 7.40. The Balaban J connectivity index is 0.00000361. The van der Waals surface area contributed by atoms with Crippen molar-refractivity contribution in [1.29, 1.82) is 0 Å². The Labute approximate surface area is 250 Å². The fourth-order valence-electron chi connectivity index (χ4n) is 4.92. The molecule has 7 nitrogen and oxygen atoms in total. The van der Waals surface area contributed by atoms with Gasteiger partial charge in [-0.05, 0) is 37.5 Å². The van der Waals surface area contributed by atoms with Crippen LogP contribution in [-0.2, 0) is 21.4 Å². The van der Waals surface area contributed by atoms with Gasteiger partial charge in [0.2, 0.25) is 5.91 Å². The second-order valence-corrected chi connectivity index (χ2v) is 12.1. The van der Waals surface area contributed by atoms with Crippen molar-refractivity contribution in [3.8, 4) is 0 Å². The SMILES string of the molecule is C[C@H]1CN(Cc2cncc([N-]S(=O)(=O)c3c(Cl)cc(Cl)cc3Cl)c2)CCN1C(=O)C1CCCCC1.[Na+]. The van der Waals surface area contributed by atoms with E-state index < -0.39 is 10.0 Å². The molecule has 190 valence electrons. The summed E-state index contributed by atoms with van der Waals surface area (Å²) < 4.78 is 29.6. The zero-order valence-corrected chi connectivity index (χ0v) is 25.5. The Bertz CT molecular complexity index is 1170. The van der Waals surface area contributed by atoms with Crippen molar-refractivity contribution in [2.45, 2.75) is 56.5 Å². The molecule has 2 fully saturated rings. The summed E-state index contributed by atoms with van der Waals surface area (Å²) in [5, 5.41) is 0.0485. The van der Waals surface area contributed by atoms with E-state index in [1.54, 1.807) is 12.3 Å². The first-order chi connectivity index (χ1) is 16.6. The number of carbonyl (C=O) groups is 1. The van der Waals surface area contributed by atoms with E-state index in [2.05, 4.69) is 21.5 Å². The number of piperazine rings is 1. The Morgan fingerprint density at radius 1 is 1.06 bits per heavy atom. The second kappa shape index (κ2) is 13.0. The minimum Gasteiger partial charge on any atom is -0.571 e. The van der Waals surface area contributed by atoms with E-state index in [4.69, 9.17) is 34.8 Å². The van der Waals surface area contributed by atoms with Crippen molar-refractivity contribution in [2.24, 2.45) is 5.92 Å². The van der Waals surface area contributed by atoms with E-state index in [1.165, 1.54) is 24.8 Å². The number of rotatable bonds is 6. The molecule has 1 atom stereocenters. The number of pyridine rings is 1. The number of amides is 1. The molecule has 1 saturated heterocycles. The molecule has 2 aromatic rings. The molecule has 2 aliphatic rings. The van der Waals surface area contributed by atoms with Crippen molar-refractivity contribution in [3.05, 3.63) is 55.9 Å². The molecule has 0 spiro atoms. The number of hydrogen-bond donors (Lipinski definition) is 0. The third-order valence-corrected chi connectivity index (χ3v) is 9.03. The Morgan fingerprint density at radius 3 is 2.36 bits per heavy atom. The second-order valence-electron chi connectivity index (χ2n) is 9.27. The molecule has 4 rings (SSSR count). The van der Waals surface area contributed by atoms with Gasteiger partial charge in [0, 0.05) is 55.6 Å². The summed E-state index contributed by atoms with van der Waals surface area (Å²) in [4.78, 5) is 21.2. The molecule has 0 radical (unpaired) electrons. The molecule has 1 aliphatic carbocycles. The number of halogens is 3. The summed E-state index contributed by atoms with van der Waals surface area (Å²) in [5.74, 6) is 0.467. The molecular formula is C24H28Cl3N4NaO3S. The number of nitrogens with zero attached hydrogens (tertiary/aromatic N) is 4. The number of sulfonamides is 1. The molecule has 2 heterocycles. The Morgan fingerprint density at radius 2 is 1.72 bits per heavy atom. The maximum atomic E-state index is 13.0. The zero-order valence-electron chi connectivity index (χ0n) is 20.5. The maximum Gasteiger partial charge on any atom is 1.00 e. The van der Waals surface area contributed by atoms with Gasteiger partial charge in [0.1, 0.15) is 10.0 Å². The molecule has 1 aromatic carbocycles. The molecule has 1 amide bonds. The number of benzene rings is 1. The van der Waals surface area contributed by atoms with E-state index in [1.807, 2.05) is 4.90 Å². The first-order valence-electron chi connectivity index (χ1n) is 11.7. The summed E-state index contributed by atoms with van der Waals surface area (Å²) >= 11 is 18.1. The minimum atomic E-state index is -4.17. The van der Waals surface area contributed by atoms with Crippen LogP contribution >= 0.6 is 34.8 Å². The normalized spacial score (nSPS) is 19.6. The van der Waals surface area contributed by atoms with Crippen molar-refractivity contribution in [2.75, 3.05) is 19.6 Å². The van der Waals surface area contributed by atoms with Gasteiger partial charge in [-0.25, -0.2) is 8.42 Å². The van der Waals surface area contributed by atoms with Gasteiger partial charge < -0.3 is 9.62 Å². The maximum absolute atomic E-state index is 13.0. The number of carbonyl (C=O) groups excluding carboxylic acids is 1. The summed E-state index contributed by atoms with van der Waals surface area (Å²) in [5.41, 5.74) is 1.01. The molecule has 1 aliphatic heterocycles. The van der Waals surface area contributed by atoms with E-state index in [0.29, 0.717) is 19.0 Å². The van der Waals surface area contributed by atoms with Gasteiger partial charge in [-0.2, -0.15) is 0 Å². The van der Waals surface area contributed by atoms with Crippen molar-refractivity contribution >= 4 is 56.4 Å². The largest absolute Gasteiger partial charge is 1.00 e. The predicted octanol–water partition coefficient (Wildman–Crippen LogP) is 3.05. The van der Waals surface area contributed by atoms with Crippen molar-refractivity contribution < 1.29 is 42.8 Å². The average Bonchev–Trinajstić information content (AvgIpc) is 2.78. The summed E-state index contributed by atoms with van der Waals surface area (Å²) in [6.45, 7) is 4.85. The topological polar surface area (TPSA) is 84.7 Å². The van der Waals surface area contributed by atoms with Gasteiger partial charge >= 0.3 is 29.6 Å². The molecule has 12 heteroatoms. The van der Waals surface area contributed by atoms with Crippen molar-refractivity contribution in [3.63, 3.8) is 0 Å². The first kappa shape index (κ1) is 30.0. The average molecular weight is 582 g/mol. The number of aromatic nitrogens is 1. The van der Waals surface area contributed by atoms with Crippen LogP contribution in [0.5, 0.6) is 0 Å². The third kappa shape index (κ3) is 7.29. The summed E-state index contributed by atoms with van der Waals surface area (Å²) in [6.07, 6.45) is 8.59. The van der Waals surface area contributed by atoms with E-state index in [0.717, 1.165) is 44.3 Å². The van der Waals surface area contributed by atoms with Gasteiger partial charge in [-0.3, -0.25) is 14.7 Å². The molecule has 0 bridgehead atoms. The van der Waals surface area contributed by atoms with Crippen LogP contribution in [0, 0.1) is 5.92 Å². The predicted molar refractivity (Wildman–Crippen MR) is 139 cm³/mol. The van der Waals surface area contributed by atoms with E-state index in [-0.39, 0.29) is 67.2 Å². The molecule has 36 heavy (non-hydrogen) atoms. The number of hydrogen-bond acceptors (Lipinski definition) is 5. The standard InChI is InChI=1S/C24H28Cl3N4O3S.Na/c1-16-14-30(7-8-31(16)24(32)18-5-3-2-4-6-18)15-17-9-20(13-28-12-17)29-35(33,34)23-21(26)10-19(25)11-22(23)27;/h9-13,16,18H,2-8,14-15H2,1H3;/q-1;+1/t16-;/m0./s1. The summed E-state index contributed by atoms with van der Waals surface area (Å²) in [7, 11) is -4.17. The minimum absolute atomic E-state index is 0. The van der Waals surface area contributed by atoms with Gasteiger partial charge in [0.05, 0.1) is 14.9 Å². The van der Waals surface area contributed by atoms with E-state index in [9.17, 15) is 13.2 Å². The van der Waals surface area contributed by atoms with Gasteiger partial charge in [-0.15, -0.1) is 5.69 Å². The van der Waals surface area contributed by atoms with Crippen LogP contribution < -0.4 is 29.6 Å².